The van der Waals surface area contributed by atoms with Crippen LogP contribution in [0, 0.1) is 0 Å². The number of nitrogens with zero attached hydrogens (tertiary/aromatic N) is 7. The molecule has 0 spiro atoms. The van der Waals surface area contributed by atoms with Crippen LogP contribution in [0.1, 0.15) is 13.3 Å². The molecule has 0 aliphatic carbocycles. The molecule has 3 aromatic heterocycles. The third-order valence-corrected chi connectivity index (χ3v) is 3.04. The van der Waals surface area contributed by atoms with Crippen LogP contribution in [-0.2, 0) is 13.1 Å². The highest BCUT2D eigenvalue weighted by molar-refractivity contribution is 5.81. The SMILES string of the molecule is CCn1nnc2c(NCCCn3ccnc3)ncnc21. The van der Waals surface area contributed by atoms with Gasteiger partial charge in [-0.25, -0.2) is 19.6 Å². The van der Waals surface area contributed by atoms with Crippen LogP contribution >= 0.6 is 0 Å². The largest absolute Gasteiger partial charge is 0.368 e. The predicted octanol–water partition coefficient (Wildman–Crippen LogP) is 0.940. The van der Waals surface area contributed by atoms with Crippen molar-refractivity contribution >= 4 is 17.0 Å². The smallest absolute Gasteiger partial charge is 0.183 e. The van der Waals surface area contributed by atoms with Gasteiger partial charge in [0.15, 0.2) is 17.0 Å². The van der Waals surface area contributed by atoms with Crippen molar-refractivity contribution in [1.29, 1.82) is 0 Å². The van der Waals surface area contributed by atoms with Crippen molar-refractivity contribution in [3.05, 3.63) is 25.0 Å². The minimum absolute atomic E-state index is 0.719. The van der Waals surface area contributed by atoms with E-state index in [-0.39, 0.29) is 0 Å². The lowest BCUT2D eigenvalue weighted by atomic mass is 10.4. The molecule has 1 N–H and O–H groups in total. The summed E-state index contributed by atoms with van der Waals surface area (Å²) in [5.74, 6) is 0.736. The Bertz CT molecular complexity index is 672. The van der Waals surface area contributed by atoms with Crippen LogP contribution in [0.2, 0.25) is 0 Å². The number of nitrogens with one attached hydrogen (secondary N) is 1. The topological polar surface area (TPSA) is 86.3 Å². The van der Waals surface area contributed by atoms with Crippen LogP contribution in [0.3, 0.4) is 0 Å². The van der Waals surface area contributed by atoms with Gasteiger partial charge in [-0.05, 0) is 13.3 Å². The fourth-order valence-electron chi connectivity index (χ4n) is 2.02. The summed E-state index contributed by atoms with van der Waals surface area (Å²) >= 11 is 0. The zero-order chi connectivity index (χ0) is 13.8. The molecule has 0 aromatic carbocycles. The van der Waals surface area contributed by atoms with E-state index >= 15 is 0 Å². The first-order valence-electron chi connectivity index (χ1n) is 6.62. The standard InChI is InChI=1S/C12H16N8/c1-2-20-12-10(17-18-20)11(15-8-16-12)14-4-3-6-19-7-5-13-9-19/h5,7-9H,2-4,6H2,1H3,(H,14,15,16). The summed E-state index contributed by atoms with van der Waals surface area (Å²) in [6.07, 6.45) is 8.07. The fourth-order valence-corrected chi connectivity index (χ4v) is 2.02. The number of anilines is 1. The molecule has 0 amide bonds. The van der Waals surface area contributed by atoms with Crippen molar-refractivity contribution in [3.8, 4) is 0 Å². The molecule has 20 heavy (non-hydrogen) atoms. The zero-order valence-corrected chi connectivity index (χ0v) is 11.3. The van der Waals surface area contributed by atoms with E-state index in [0.29, 0.717) is 0 Å². The van der Waals surface area contributed by atoms with E-state index in [1.165, 1.54) is 6.33 Å². The Morgan fingerprint density at radius 2 is 2.25 bits per heavy atom. The number of fused-ring (bicyclic) bond motifs is 1. The maximum Gasteiger partial charge on any atom is 0.183 e. The van der Waals surface area contributed by atoms with Crippen LogP contribution in [0.5, 0.6) is 0 Å². The molecule has 0 aliphatic rings. The quantitative estimate of drug-likeness (QED) is 0.672. The molecule has 8 heteroatoms. The van der Waals surface area contributed by atoms with Crippen molar-refractivity contribution in [3.63, 3.8) is 0 Å². The van der Waals surface area contributed by atoms with Crippen molar-refractivity contribution < 1.29 is 0 Å². The number of aromatic nitrogens is 7. The first kappa shape index (κ1) is 12.5. The number of aryl methyl sites for hydroxylation is 2. The molecule has 0 saturated heterocycles. The van der Waals surface area contributed by atoms with Gasteiger partial charge in [0.05, 0.1) is 6.33 Å². The molecular weight excluding hydrogens is 256 g/mol. The summed E-state index contributed by atoms with van der Waals surface area (Å²) in [5.41, 5.74) is 1.48. The Morgan fingerprint density at radius 1 is 1.30 bits per heavy atom. The minimum atomic E-state index is 0.719. The summed E-state index contributed by atoms with van der Waals surface area (Å²) in [4.78, 5) is 12.5. The van der Waals surface area contributed by atoms with Gasteiger partial charge >= 0.3 is 0 Å². The van der Waals surface area contributed by atoms with E-state index in [4.69, 9.17) is 0 Å². The summed E-state index contributed by atoms with van der Waals surface area (Å²) in [5, 5.41) is 11.5. The first-order valence-corrected chi connectivity index (χ1v) is 6.62. The average Bonchev–Trinajstić information content (AvgIpc) is 3.12. The highest BCUT2D eigenvalue weighted by atomic mass is 15.4. The van der Waals surface area contributed by atoms with E-state index in [9.17, 15) is 0 Å². The second-order valence-electron chi connectivity index (χ2n) is 4.38. The molecule has 0 aliphatic heterocycles. The molecule has 0 saturated carbocycles. The van der Waals surface area contributed by atoms with Crippen molar-refractivity contribution in [2.45, 2.75) is 26.4 Å². The zero-order valence-electron chi connectivity index (χ0n) is 11.3. The Kier molecular flexibility index (Phi) is 3.53. The molecule has 0 unspecified atom stereocenters. The molecule has 0 radical (unpaired) electrons. The number of hydrogen-bond donors (Lipinski definition) is 1. The molecule has 0 bridgehead atoms. The Labute approximate surface area is 115 Å². The maximum atomic E-state index is 4.23. The highest BCUT2D eigenvalue weighted by Gasteiger charge is 2.09. The average molecular weight is 272 g/mol. The maximum absolute atomic E-state index is 4.23. The van der Waals surface area contributed by atoms with Crippen LogP contribution in [0.15, 0.2) is 25.0 Å². The number of imidazole rings is 1. The van der Waals surface area contributed by atoms with Gasteiger partial charge in [-0.3, -0.25) is 0 Å². The van der Waals surface area contributed by atoms with Crippen molar-refractivity contribution in [1.82, 2.24) is 34.5 Å². The molecule has 0 atom stereocenters. The minimum Gasteiger partial charge on any atom is -0.368 e. The molecular formula is C12H16N8. The van der Waals surface area contributed by atoms with E-state index in [1.807, 2.05) is 24.0 Å². The van der Waals surface area contributed by atoms with Crippen LogP contribution in [0.4, 0.5) is 5.82 Å². The lowest BCUT2D eigenvalue weighted by Crippen LogP contribution is -2.07. The van der Waals surface area contributed by atoms with Crippen LogP contribution < -0.4 is 5.32 Å². The van der Waals surface area contributed by atoms with E-state index in [2.05, 4.69) is 30.6 Å². The van der Waals surface area contributed by atoms with Gasteiger partial charge in [0, 0.05) is 32.0 Å². The number of rotatable bonds is 6. The van der Waals surface area contributed by atoms with E-state index < -0.39 is 0 Å². The van der Waals surface area contributed by atoms with Gasteiger partial charge in [-0.15, -0.1) is 5.10 Å². The second kappa shape index (κ2) is 5.64. The van der Waals surface area contributed by atoms with Crippen LogP contribution in [-0.4, -0.2) is 41.1 Å². The first-order chi connectivity index (χ1) is 9.88. The molecule has 8 nitrogen and oxygen atoms in total. The predicted molar refractivity (Wildman–Crippen MR) is 74.1 cm³/mol. The Balaban J connectivity index is 1.64. The van der Waals surface area contributed by atoms with Crippen molar-refractivity contribution in [2.75, 3.05) is 11.9 Å². The molecule has 3 rings (SSSR count). The van der Waals surface area contributed by atoms with Crippen LogP contribution in [0.25, 0.3) is 11.2 Å². The molecule has 3 heterocycles. The normalized spacial score (nSPS) is 11.1. The molecule has 3 aromatic rings. The molecule has 0 fully saturated rings. The summed E-state index contributed by atoms with van der Waals surface area (Å²) < 4.78 is 3.80. The third-order valence-electron chi connectivity index (χ3n) is 3.04. The van der Waals surface area contributed by atoms with E-state index in [1.54, 1.807) is 10.9 Å². The van der Waals surface area contributed by atoms with E-state index in [0.717, 1.165) is 43.0 Å². The summed E-state index contributed by atoms with van der Waals surface area (Å²) in [6.45, 7) is 4.48. The Hall–Kier alpha value is -2.51. The second-order valence-corrected chi connectivity index (χ2v) is 4.38. The van der Waals surface area contributed by atoms with Gasteiger partial charge in [-0.1, -0.05) is 5.21 Å². The van der Waals surface area contributed by atoms with Gasteiger partial charge in [0.1, 0.15) is 6.33 Å². The highest BCUT2D eigenvalue weighted by Crippen LogP contribution is 2.15. The summed E-state index contributed by atoms with van der Waals surface area (Å²) in [7, 11) is 0. The lowest BCUT2D eigenvalue weighted by Gasteiger charge is -2.06. The van der Waals surface area contributed by atoms with Gasteiger partial charge in [0.25, 0.3) is 0 Å². The number of hydrogen-bond acceptors (Lipinski definition) is 6. The lowest BCUT2D eigenvalue weighted by molar-refractivity contribution is 0.641. The summed E-state index contributed by atoms with van der Waals surface area (Å²) in [6, 6.07) is 0. The Morgan fingerprint density at radius 3 is 3.05 bits per heavy atom. The van der Waals surface area contributed by atoms with Gasteiger partial charge < -0.3 is 9.88 Å². The van der Waals surface area contributed by atoms with Crippen molar-refractivity contribution in [2.24, 2.45) is 0 Å². The third kappa shape index (κ3) is 2.44. The monoisotopic (exact) mass is 272 g/mol. The van der Waals surface area contributed by atoms with Gasteiger partial charge in [-0.2, -0.15) is 0 Å². The fraction of sp³-hybridized carbons (Fsp3) is 0.417. The molecule has 104 valence electrons. The van der Waals surface area contributed by atoms with Gasteiger partial charge in [0.2, 0.25) is 0 Å².